The summed E-state index contributed by atoms with van der Waals surface area (Å²) < 4.78 is 0. The lowest BCUT2D eigenvalue weighted by molar-refractivity contribution is 1.18. The minimum atomic E-state index is 0.680. The molecule has 43 heavy (non-hydrogen) atoms. The van der Waals surface area contributed by atoms with E-state index in [9.17, 15) is 0 Å². The highest BCUT2D eigenvalue weighted by Crippen LogP contribution is 2.37. The van der Waals surface area contributed by atoms with Crippen LogP contribution in [-0.2, 0) is 0 Å². The predicted octanol–water partition coefficient (Wildman–Crippen LogP) is 9.10. The van der Waals surface area contributed by atoms with Gasteiger partial charge in [0.15, 0.2) is 5.82 Å². The van der Waals surface area contributed by atoms with Gasteiger partial charge in [0.2, 0.25) is 0 Å². The third kappa shape index (κ3) is 5.30. The van der Waals surface area contributed by atoms with Gasteiger partial charge in [-0.1, -0.05) is 133 Å². The second-order valence-electron chi connectivity index (χ2n) is 10.3. The lowest BCUT2D eigenvalue weighted by atomic mass is 9.90. The van der Waals surface area contributed by atoms with Crippen LogP contribution in [-0.4, -0.2) is 16.2 Å². The molecule has 0 saturated heterocycles. The zero-order valence-electron chi connectivity index (χ0n) is 23.4. The Balaban J connectivity index is 1.43. The molecule has 1 aromatic heterocycles. The van der Waals surface area contributed by atoms with Crippen LogP contribution in [0.1, 0.15) is 22.3 Å². The first kappa shape index (κ1) is 26.1. The molecule has 0 fully saturated rings. The van der Waals surface area contributed by atoms with Crippen molar-refractivity contribution in [2.45, 2.75) is 0 Å². The Hall–Kier alpha value is -5.87. The quantitative estimate of drug-likeness (QED) is 0.203. The fourth-order valence-corrected chi connectivity index (χ4v) is 5.42. The molecule has 1 aliphatic heterocycles. The van der Waals surface area contributed by atoms with Crippen LogP contribution in [0.2, 0.25) is 0 Å². The molecule has 204 valence electrons. The van der Waals surface area contributed by atoms with E-state index in [1.165, 1.54) is 6.21 Å². The molecule has 0 spiro atoms. The number of fused-ring (bicyclic) bond motifs is 1. The summed E-state index contributed by atoms with van der Waals surface area (Å²) in [5.41, 5.74) is 11.5. The molecular weight excluding hydrogens is 524 g/mol. The molecule has 4 heteroatoms. The van der Waals surface area contributed by atoms with E-state index in [1.807, 2.05) is 97.1 Å². The van der Waals surface area contributed by atoms with Crippen LogP contribution in [0.25, 0.3) is 56.9 Å². The molecule has 4 nitrogen and oxygen atoms in total. The maximum absolute atomic E-state index is 8.45. The molecule has 0 amide bonds. The number of hydrogen-bond acceptors (Lipinski definition) is 4. The second kappa shape index (κ2) is 11.6. The third-order valence-corrected chi connectivity index (χ3v) is 7.59. The molecule has 2 N–H and O–H groups in total. The molecule has 1 aliphatic rings. The summed E-state index contributed by atoms with van der Waals surface area (Å²) in [4.78, 5) is 10.0. The van der Waals surface area contributed by atoms with Gasteiger partial charge in [0, 0.05) is 39.7 Å². The van der Waals surface area contributed by atoms with E-state index >= 15 is 0 Å². The molecule has 0 radical (unpaired) electrons. The van der Waals surface area contributed by atoms with Crippen molar-refractivity contribution in [3.63, 3.8) is 0 Å². The molecule has 0 unspecified atom stereocenters. The Morgan fingerprint density at radius 1 is 0.558 bits per heavy atom. The van der Waals surface area contributed by atoms with E-state index in [0.717, 1.165) is 67.3 Å². The van der Waals surface area contributed by atoms with Gasteiger partial charge in [0.1, 0.15) is 0 Å². The van der Waals surface area contributed by atoms with Gasteiger partial charge >= 0.3 is 0 Å². The Bertz CT molecular complexity index is 1920. The highest BCUT2D eigenvalue weighted by Gasteiger charge is 2.21. The number of rotatable bonds is 6. The Kier molecular flexibility index (Phi) is 7.00. The highest BCUT2D eigenvalue weighted by molar-refractivity contribution is 6.20. The van der Waals surface area contributed by atoms with Crippen molar-refractivity contribution in [1.82, 2.24) is 15.3 Å². The maximum atomic E-state index is 8.45. The van der Waals surface area contributed by atoms with Crippen molar-refractivity contribution in [2.24, 2.45) is 0 Å². The standard InChI is InChI=1S/C39H28N4/c40-26-34(27-13-5-1-6-14-27)38-33-23-32(22-21-31(33)24-35(41-38)28-15-7-2-8-16-28)37-25-36(29-17-9-3-10-18-29)42-39(43-37)30-19-11-4-12-20-30/h1-26,40-41H/b38-34+,40-26?. The minimum absolute atomic E-state index is 0.680. The van der Waals surface area contributed by atoms with Gasteiger partial charge in [-0.25, -0.2) is 9.97 Å². The summed E-state index contributed by atoms with van der Waals surface area (Å²) in [6.07, 6.45) is 3.61. The van der Waals surface area contributed by atoms with Gasteiger partial charge < -0.3 is 10.7 Å². The predicted molar refractivity (Wildman–Crippen MR) is 178 cm³/mol. The zero-order valence-corrected chi connectivity index (χ0v) is 23.4. The average Bonchev–Trinajstić information content (AvgIpc) is 3.10. The molecule has 7 rings (SSSR count). The van der Waals surface area contributed by atoms with Crippen molar-refractivity contribution >= 4 is 29.3 Å². The van der Waals surface area contributed by atoms with Gasteiger partial charge in [-0.3, -0.25) is 0 Å². The largest absolute Gasteiger partial charge is 0.354 e. The molecule has 5 aromatic carbocycles. The van der Waals surface area contributed by atoms with Gasteiger partial charge in [-0.05, 0) is 34.9 Å². The van der Waals surface area contributed by atoms with Gasteiger partial charge in [-0.15, -0.1) is 0 Å². The highest BCUT2D eigenvalue weighted by atomic mass is 14.9. The summed E-state index contributed by atoms with van der Waals surface area (Å²) in [7, 11) is 0. The summed E-state index contributed by atoms with van der Waals surface area (Å²) >= 11 is 0. The number of hydrogen-bond donors (Lipinski definition) is 2. The molecule has 0 atom stereocenters. The van der Waals surface area contributed by atoms with E-state index in [-0.39, 0.29) is 0 Å². The smallest absolute Gasteiger partial charge is 0.160 e. The third-order valence-electron chi connectivity index (χ3n) is 7.59. The molecule has 0 bridgehead atoms. The SMILES string of the molecule is N=C/C(=C1\NC(c2ccccc2)=Cc2ccc(-c3cc(-c4ccccc4)nc(-c4ccccc4)n3)cc21)c1ccccc1. The first-order valence-electron chi connectivity index (χ1n) is 14.3. The summed E-state index contributed by atoms with van der Waals surface area (Å²) in [5, 5.41) is 12.1. The maximum Gasteiger partial charge on any atom is 0.160 e. The van der Waals surface area contributed by atoms with Crippen LogP contribution < -0.4 is 5.32 Å². The fraction of sp³-hybridized carbons (Fsp3) is 0. The lowest BCUT2D eigenvalue weighted by Crippen LogP contribution is -2.18. The number of allylic oxidation sites excluding steroid dienone is 1. The molecular formula is C39H28N4. The summed E-state index contributed by atoms with van der Waals surface area (Å²) in [6, 6.07) is 49.2. The van der Waals surface area contributed by atoms with Crippen LogP contribution in [0.3, 0.4) is 0 Å². The van der Waals surface area contributed by atoms with Crippen molar-refractivity contribution in [3.8, 4) is 33.9 Å². The first-order valence-corrected chi connectivity index (χ1v) is 14.3. The Morgan fingerprint density at radius 3 is 1.74 bits per heavy atom. The summed E-state index contributed by atoms with van der Waals surface area (Å²) in [6.45, 7) is 0. The van der Waals surface area contributed by atoms with E-state index in [0.29, 0.717) is 5.82 Å². The van der Waals surface area contributed by atoms with E-state index in [4.69, 9.17) is 15.4 Å². The number of nitrogens with zero attached hydrogens (tertiary/aromatic N) is 2. The lowest BCUT2D eigenvalue weighted by Gasteiger charge is -2.25. The van der Waals surface area contributed by atoms with Crippen LogP contribution in [0, 0.1) is 5.41 Å². The Morgan fingerprint density at radius 2 is 1.12 bits per heavy atom. The van der Waals surface area contributed by atoms with Crippen molar-refractivity contribution in [2.75, 3.05) is 0 Å². The van der Waals surface area contributed by atoms with Gasteiger partial charge in [-0.2, -0.15) is 0 Å². The van der Waals surface area contributed by atoms with Crippen molar-refractivity contribution in [3.05, 3.63) is 168 Å². The second-order valence-corrected chi connectivity index (χ2v) is 10.3. The molecule has 2 heterocycles. The van der Waals surface area contributed by atoms with Gasteiger partial charge in [0.25, 0.3) is 0 Å². The van der Waals surface area contributed by atoms with Crippen LogP contribution in [0.4, 0.5) is 0 Å². The molecule has 0 aliphatic carbocycles. The van der Waals surface area contributed by atoms with E-state index in [2.05, 4.69) is 59.9 Å². The first-order chi connectivity index (χ1) is 21.3. The van der Waals surface area contributed by atoms with Crippen LogP contribution >= 0.6 is 0 Å². The number of nitrogens with one attached hydrogen (secondary N) is 2. The normalized spacial score (nSPS) is 13.3. The average molecular weight is 553 g/mol. The van der Waals surface area contributed by atoms with Gasteiger partial charge in [0.05, 0.1) is 17.1 Å². The number of aromatic nitrogens is 2. The van der Waals surface area contributed by atoms with Crippen LogP contribution in [0.15, 0.2) is 146 Å². The van der Waals surface area contributed by atoms with Crippen LogP contribution in [0.5, 0.6) is 0 Å². The number of benzene rings is 5. The Labute approximate surface area is 251 Å². The molecule has 6 aromatic rings. The summed E-state index contributed by atoms with van der Waals surface area (Å²) in [5.74, 6) is 0.680. The minimum Gasteiger partial charge on any atom is -0.354 e. The topological polar surface area (TPSA) is 61.7 Å². The fourth-order valence-electron chi connectivity index (χ4n) is 5.42. The van der Waals surface area contributed by atoms with Crippen molar-refractivity contribution < 1.29 is 0 Å². The monoisotopic (exact) mass is 552 g/mol. The molecule has 0 saturated carbocycles. The van der Waals surface area contributed by atoms with E-state index in [1.54, 1.807) is 0 Å². The zero-order chi connectivity index (χ0) is 29.0. The van der Waals surface area contributed by atoms with E-state index < -0.39 is 0 Å². The van der Waals surface area contributed by atoms with Crippen molar-refractivity contribution in [1.29, 1.82) is 5.41 Å².